The van der Waals surface area contributed by atoms with Crippen molar-refractivity contribution in [3.05, 3.63) is 0 Å². The summed E-state index contributed by atoms with van der Waals surface area (Å²) in [5.41, 5.74) is -1.48. The Morgan fingerprint density at radius 2 is 0.772 bits per heavy atom. The van der Waals surface area contributed by atoms with Gasteiger partial charge >= 0.3 is 53.7 Å². The van der Waals surface area contributed by atoms with Gasteiger partial charge in [-0.3, -0.25) is 43.2 Å². The fourth-order valence-electron chi connectivity index (χ4n) is 16.3. The van der Waals surface area contributed by atoms with Crippen molar-refractivity contribution in [1.82, 2.24) is 0 Å². The summed E-state index contributed by atoms with van der Waals surface area (Å²) >= 11 is 8.56. The second-order valence-electron chi connectivity index (χ2n) is 24.6. The predicted molar refractivity (Wildman–Crippen MR) is 285 cm³/mol. The van der Waals surface area contributed by atoms with E-state index in [1.54, 1.807) is 0 Å². The SMILES string of the molecule is C1CCOC1.CC1(OC(=O)C2C3CC4C(OC(=O)C42)C3OC(=O)CS)CCCC1.CC1(OC(=O)C2C3CC4C(OC(=O)C42)C3OC(=O)CSSCC(=O)OC2C3CC4C2OC(=O)C4C3C(=O)OC2(C)CCCC2)CCCC1.CCl. The summed E-state index contributed by atoms with van der Waals surface area (Å²) in [5, 5.41) is 0. The van der Waals surface area contributed by atoms with E-state index in [1.165, 1.54) is 19.2 Å². The van der Waals surface area contributed by atoms with E-state index in [4.69, 9.17) is 47.4 Å². The predicted octanol–water partition coefficient (Wildman–Crippen LogP) is 6.72. The van der Waals surface area contributed by atoms with E-state index >= 15 is 0 Å². The lowest BCUT2D eigenvalue weighted by atomic mass is 9.78. The van der Waals surface area contributed by atoms with E-state index in [2.05, 4.69) is 24.2 Å². The van der Waals surface area contributed by atoms with Crippen LogP contribution in [0.2, 0.25) is 0 Å². The number of hydrogen-bond donors (Lipinski definition) is 1. The van der Waals surface area contributed by atoms with Gasteiger partial charge in [-0.25, -0.2) is 0 Å². The Morgan fingerprint density at radius 1 is 0.481 bits per heavy atom. The van der Waals surface area contributed by atoms with Gasteiger partial charge in [0.1, 0.15) is 64.9 Å². The molecule has 0 aromatic heterocycles. The van der Waals surface area contributed by atoms with Crippen LogP contribution >= 0.6 is 45.8 Å². The Kier molecular flexibility index (Phi) is 17.9. The van der Waals surface area contributed by atoms with Crippen LogP contribution in [0.5, 0.6) is 0 Å². The molecular formula is C56H75ClO19S3. The Bertz CT molecular complexity index is 2250. The van der Waals surface area contributed by atoms with Gasteiger partial charge in [-0.1, -0.05) is 21.6 Å². The van der Waals surface area contributed by atoms with Crippen LogP contribution in [0.25, 0.3) is 0 Å². The zero-order chi connectivity index (χ0) is 56.1. The lowest BCUT2D eigenvalue weighted by molar-refractivity contribution is -0.172. The molecule has 0 N–H and O–H groups in total. The quantitative estimate of drug-likeness (QED) is 0.0446. The van der Waals surface area contributed by atoms with Crippen molar-refractivity contribution >= 4 is 99.5 Å². The Labute approximate surface area is 478 Å². The molecule has 23 heteroatoms. The third-order valence-corrected chi connectivity index (χ3v) is 22.0. The Hall–Kier alpha value is -3.47. The number of halogens is 1. The molecule has 9 aliphatic carbocycles. The smallest absolute Gasteiger partial charge is 0.317 e. The van der Waals surface area contributed by atoms with Crippen LogP contribution in [0.1, 0.15) is 130 Å². The number of ether oxygens (including phenoxy) is 10. The summed E-state index contributed by atoms with van der Waals surface area (Å²) in [4.78, 5) is 115. The standard InChI is InChI=1S/C34H42O12S2.C17H22O6S.C4H8O.CH3Cl/c1-33(7-3-4-8-33)45-31(39)23-17-11-15-21(23)29(37)43-27(15)25(17)41-19(35)13-47-48-14-20(36)42-26-18-12-16-22(30(38)44-28(16)26)24(18)32(40)46-34(2)9-5-6-10-34;1-17(4-2-3-5-17)23-16(20)12-9-6-8-11(12)15(19)22-14(8)13(9)21-10(18)7-24;1-2-4-5-3-1;1-2/h15-18,21-28H,3-14H2,1-2H3;8-9,11-14,24H,2-7H2,1H3;1-4H2;1H3. The van der Waals surface area contributed by atoms with Crippen molar-refractivity contribution in [2.45, 2.75) is 183 Å². The first kappa shape index (κ1) is 58.7. The van der Waals surface area contributed by atoms with Crippen molar-refractivity contribution in [2.24, 2.45) is 71.0 Å². The number of alkyl halides is 1. The zero-order valence-electron chi connectivity index (χ0n) is 45.3. The monoisotopic (exact) mass is 1180 g/mol. The molecule has 19 nitrogen and oxygen atoms in total. The molecule has 4 saturated heterocycles. The van der Waals surface area contributed by atoms with E-state index in [0.717, 1.165) is 112 Å². The van der Waals surface area contributed by atoms with Crippen molar-refractivity contribution in [2.75, 3.05) is 36.9 Å². The number of carbonyl (C=O) groups is 9. The molecule has 9 saturated carbocycles. The van der Waals surface area contributed by atoms with E-state index in [-0.39, 0.29) is 64.7 Å². The number of fused-ring (bicyclic) bond motifs is 3. The van der Waals surface area contributed by atoms with Gasteiger partial charge in [0.15, 0.2) is 0 Å². The van der Waals surface area contributed by atoms with E-state index < -0.39 is 131 Å². The maximum absolute atomic E-state index is 13.3. The van der Waals surface area contributed by atoms with Gasteiger partial charge < -0.3 is 47.4 Å². The van der Waals surface area contributed by atoms with Crippen molar-refractivity contribution in [1.29, 1.82) is 0 Å². The van der Waals surface area contributed by atoms with E-state index in [9.17, 15) is 43.2 Å². The molecule has 4 aliphatic heterocycles. The second kappa shape index (κ2) is 24.0. The summed E-state index contributed by atoms with van der Waals surface area (Å²) in [6, 6.07) is 0. The first-order valence-electron chi connectivity index (χ1n) is 28.6. The minimum absolute atomic E-state index is 0.0365. The highest BCUT2D eigenvalue weighted by Crippen LogP contribution is 2.62. The van der Waals surface area contributed by atoms with Crippen LogP contribution < -0.4 is 0 Å². The normalized spacial score (nSPS) is 39.5. The molecule has 6 bridgehead atoms. The number of hydrogen-bond acceptors (Lipinski definition) is 22. The molecule has 79 heavy (non-hydrogen) atoms. The topological polar surface area (TPSA) is 246 Å². The summed E-state index contributed by atoms with van der Waals surface area (Å²) in [6.07, 6.45) is 13.3. The van der Waals surface area contributed by atoms with Gasteiger partial charge in [0.05, 0.1) is 41.3 Å². The van der Waals surface area contributed by atoms with E-state index in [1.807, 2.05) is 20.8 Å². The minimum atomic E-state index is -0.707. The average molecular weight is 1180 g/mol. The van der Waals surface area contributed by atoms with Gasteiger partial charge in [0.2, 0.25) is 0 Å². The number of thiol groups is 1. The molecule has 13 fully saturated rings. The molecule has 438 valence electrons. The lowest BCUT2D eigenvalue weighted by Crippen LogP contribution is -2.45. The fraction of sp³-hybridized carbons (Fsp3) is 0.839. The maximum atomic E-state index is 13.3. The van der Waals surface area contributed by atoms with Crippen molar-refractivity contribution in [3.8, 4) is 0 Å². The summed E-state index contributed by atoms with van der Waals surface area (Å²) in [5.74, 6) is -8.69. The van der Waals surface area contributed by atoms with Crippen LogP contribution in [-0.4, -0.2) is 144 Å². The summed E-state index contributed by atoms with van der Waals surface area (Å²) in [7, 11) is 2.27. The summed E-state index contributed by atoms with van der Waals surface area (Å²) < 4.78 is 56.3. The fourth-order valence-corrected chi connectivity index (χ4v) is 17.9. The minimum Gasteiger partial charge on any atom is -0.459 e. The first-order chi connectivity index (χ1) is 37.9. The molecule has 0 amide bonds. The third kappa shape index (κ3) is 11.5. The number of rotatable bonds is 15. The van der Waals surface area contributed by atoms with Crippen molar-refractivity contribution in [3.63, 3.8) is 0 Å². The maximum Gasteiger partial charge on any atom is 0.317 e. The molecular weight excluding hydrogens is 1110 g/mol. The molecule has 0 radical (unpaired) electrons. The number of carbonyl (C=O) groups excluding carboxylic acids is 9. The summed E-state index contributed by atoms with van der Waals surface area (Å²) in [6.45, 7) is 7.83. The molecule has 18 unspecified atom stereocenters. The van der Waals surface area contributed by atoms with Crippen LogP contribution in [0.15, 0.2) is 0 Å². The van der Waals surface area contributed by atoms with Crippen LogP contribution in [0.3, 0.4) is 0 Å². The largest absolute Gasteiger partial charge is 0.459 e. The average Bonchev–Trinajstić information content (AvgIpc) is 3.09. The molecule has 18 atom stereocenters. The number of esters is 9. The van der Waals surface area contributed by atoms with Gasteiger partial charge in [-0.2, -0.15) is 12.6 Å². The molecule has 0 aromatic rings. The van der Waals surface area contributed by atoms with Crippen LogP contribution in [0, 0.1) is 71.0 Å². The van der Waals surface area contributed by atoms with Gasteiger partial charge in [-0.15, -0.1) is 11.6 Å². The molecule has 0 spiro atoms. The first-order valence-corrected chi connectivity index (χ1v) is 32.5. The van der Waals surface area contributed by atoms with Crippen LogP contribution in [-0.2, 0) is 90.5 Å². The molecule has 13 aliphatic rings. The van der Waals surface area contributed by atoms with E-state index in [0.29, 0.717) is 19.3 Å². The molecule has 4 heterocycles. The molecule has 0 aromatic carbocycles. The zero-order valence-corrected chi connectivity index (χ0v) is 48.6. The Morgan fingerprint density at radius 3 is 1.04 bits per heavy atom. The molecule has 13 rings (SSSR count). The third-order valence-electron chi connectivity index (χ3n) is 19.7. The van der Waals surface area contributed by atoms with Gasteiger partial charge in [-0.05, 0) is 130 Å². The highest BCUT2D eigenvalue weighted by Gasteiger charge is 2.73. The highest BCUT2D eigenvalue weighted by atomic mass is 35.5. The van der Waals surface area contributed by atoms with Gasteiger partial charge in [0.25, 0.3) is 0 Å². The van der Waals surface area contributed by atoms with Gasteiger partial charge in [0, 0.05) is 55.1 Å². The lowest BCUT2D eigenvalue weighted by Gasteiger charge is -2.33. The highest BCUT2D eigenvalue weighted by molar-refractivity contribution is 8.77. The Balaban J connectivity index is 0.000000188. The second-order valence-corrected chi connectivity index (χ2v) is 27.4. The van der Waals surface area contributed by atoms with Crippen molar-refractivity contribution < 1.29 is 90.5 Å². The van der Waals surface area contributed by atoms with Crippen LogP contribution in [0.4, 0.5) is 0 Å².